The molecule has 0 aromatic carbocycles. The molecule has 1 amide bonds. The van der Waals surface area contributed by atoms with E-state index >= 15 is 0 Å². The number of hydrogen-bond donors (Lipinski definition) is 3. The van der Waals surface area contributed by atoms with Gasteiger partial charge in [-0.1, -0.05) is 0 Å². The number of nitrogens with two attached hydrogens (primary N) is 1. The summed E-state index contributed by atoms with van der Waals surface area (Å²) in [7, 11) is 0. The van der Waals surface area contributed by atoms with Gasteiger partial charge in [-0.25, -0.2) is 0 Å². The smallest absolute Gasteiger partial charge is 0.257 e. The maximum Gasteiger partial charge on any atom is 0.257 e. The van der Waals surface area contributed by atoms with Crippen molar-refractivity contribution < 1.29 is 9.53 Å². The van der Waals surface area contributed by atoms with Gasteiger partial charge in [0.05, 0.1) is 6.10 Å². The monoisotopic (exact) mass is 238 g/mol. The van der Waals surface area contributed by atoms with Gasteiger partial charge in [-0.3, -0.25) is 9.89 Å². The molecule has 1 aromatic heterocycles. The van der Waals surface area contributed by atoms with Gasteiger partial charge in [-0.15, -0.1) is 0 Å². The molecule has 1 saturated heterocycles. The Kier molecular flexibility index (Phi) is 3.63. The van der Waals surface area contributed by atoms with E-state index in [0.717, 1.165) is 25.9 Å². The molecule has 1 aromatic rings. The van der Waals surface area contributed by atoms with E-state index in [1.807, 2.05) is 0 Å². The Labute approximate surface area is 99.9 Å². The van der Waals surface area contributed by atoms with Gasteiger partial charge in [-0.05, 0) is 26.2 Å². The Bertz CT molecular complexity index is 377. The first-order valence-corrected chi connectivity index (χ1v) is 5.88. The van der Waals surface area contributed by atoms with Crippen LogP contribution in [0.4, 0.5) is 5.82 Å². The normalized spacial score (nSPS) is 20.2. The molecule has 0 bridgehead atoms. The number of anilines is 1. The van der Waals surface area contributed by atoms with E-state index in [2.05, 4.69) is 15.5 Å². The van der Waals surface area contributed by atoms with Crippen LogP contribution in [0, 0.1) is 6.92 Å². The highest BCUT2D eigenvalue weighted by Crippen LogP contribution is 2.14. The Balaban J connectivity index is 1.89. The van der Waals surface area contributed by atoms with Crippen LogP contribution in [-0.4, -0.2) is 35.4 Å². The predicted octanol–water partition coefficient (Wildman–Crippen LogP) is 0.599. The number of aromatic amines is 1. The zero-order valence-corrected chi connectivity index (χ0v) is 9.95. The van der Waals surface area contributed by atoms with Crippen LogP contribution in [0.25, 0.3) is 0 Å². The number of nitrogen functional groups attached to an aromatic ring is 1. The van der Waals surface area contributed by atoms with E-state index in [1.165, 1.54) is 0 Å². The molecule has 0 saturated carbocycles. The lowest BCUT2D eigenvalue weighted by molar-refractivity contribution is 0.0169. The molecule has 0 radical (unpaired) electrons. The second kappa shape index (κ2) is 5.18. The molecule has 1 aliphatic heterocycles. The van der Waals surface area contributed by atoms with Crippen molar-refractivity contribution >= 4 is 11.7 Å². The molecule has 17 heavy (non-hydrogen) atoms. The summed E-state index contributed by atoms with van der Waals surface area (Å²) in [5.74, 6) is 0.0486. The maximum absolute atomic E-state index is 11.9. The second-order valence-corrected chi connectivity index (χ2v) is 4.31. The number of H-pyrrole nitrogens is 1. The number of nitrogens with one attached hydrogen (secondary N) is 2. The van der Waals surface area contributed by atoms with Crippen molar-refractivity contribution in [1.29, 1.82) is 0 Å². The molecule has 1 unspecified atom stereocenters. The summed E-state index contributed by atoms with van der Waals surface area (Å²) in [5, 5.41) is 9.31. The molecule has 2 heterocycles. The van der Waals surface area contributed by atoms with Crippen LogP contribution in [-0.2, 0) is 4.74 Å². The van der Waals surface area contributed by atoms with Gasteiger partial charge in [-0.2, -0.15) is 5.10 Å². The highest BCUT2D eigenvalue weighted by Gasteiger charge is 2.19. The van der Waals surface area contributed by atoms with Crippen LogP contribution in [0.1, 0.15) is 35.3 Å². The van der Waals surface area contributed by atoms with Crippen molar-refractivity contribution in [3.8, 4) is 0 Å². The molecule has 6 nitrogen and oxygen atoms in total. The van der Waals surface area contributed by atoms with Crippen LogP contribution in [0.2, 0.25) is 0 Å². The largest absolute Gasteiger partial charge is 0.382 e. The lowest BCUT2D eigenvalue weighted by Crippen LogP contribution is -2.35. The minimum absolute atomic E-state index is 0.126. The molecule has 0 spiro atoms. The Hall–Kier alpha value is -1.56. The van der Waals surface area contributed by atoms with Gasteiger partial charge < -0.3 is 15.8 Å². The average Bonchev–Trinajstić information content (AvgIpc) is 2.67. The number of aryl methyl sites for hydroxylation is 1. The highest BCUT2D eigenvalue weighted by molar-refractivity contribution is 5.99. The number of carbonyl (C=O) groups excluding carboxylic acids is 1. The van der Waals surface area contributed by atoms with Crippen molar-refractivity contribution in [3.63, 3.8) is 0 Å². The highest BCUT2D eigenvalue weighted by atomic mass is 16.5. The standard InChI is InChI=1S/C11H18N4O2/c1-7-9(10(12)15-14-7)11(16)13-6-8-4-2-3-5-17-8/h8H,2-6H2,1H3,(H,13,16)(H3,12,14,15). The van der Waals surface area contributed by atoms with Gasteiger partial charge >= 0.3 is 0 Å². The van der Waals surface area contributed by atoms with Gasteiger partial charge in [0.1, 0.15) is 5.56 Å². The van der Waals surface area contributed by atoms with Crippen molar-refractivity contribution in [1.82, 2.24) is 15.5 Å². The van der Waals surface area contributed by atoms with Crippen LogP contribution in [0.5, 0.6) is 0 Å². The lowest BCUT2D eigenvalue weighted by atomic mass is 10.1. The van der Waals surface area contributed by atoms with Crippen LogP contribution in [0.3, 0.4) is 0 Å². The zero-order chi connectivity index (χ0) is 12.3. The second-order valence-electron chi connectivity index (χ2n) is 4.31. The van der Waals surface area contributed by atoms with Gasteiger partial charge in [0, 0.05) is 18.8 Å². The third kappa shape index (κ3) is 2.76. The van der Waals surface area contributed by atoms with E-state index < -0.39 is 0 Å². The molecule has 2 rings (SSSR count). The molecule has 1 atom stereocenters. The minimum Gasteiger partial charge on any atom is -0.382 e. The van der Waals surface area contributed by atoms with E-state index in [0.29, 0.717) is 17.8 Å². The van der Waals surface area contributed by atoms with E-state index in [1.54, 1.807) is 6.92 Å². The molecular formula is C11H18N4O2. The van der Waals surface area contributed by atoms with Crippen LogP contribution >= 0.6 is 0 Å². The summed E-state index contributed by atoms with van der Waals surface area (Å²) in [6, 6.07) is 0. The molecule has 1 aliphatic rings. The van der Waals surface area contributed by atoms with E-state index in [-0.39, 0.29) is 17.8 Å². The number of rotatable bonds is 3. The number of hydrogen-bond acceptors (Lipinski definition) is 4. The number of aromatic nitrogens is 2. The summed E-state index contributed by atoms with van der Waals surface area (Å²) in [6.07, 6.45) is 3.40. The summed E-state index contributed by atoms with van der Waals surface area (Å²) < 4.78 is 5.54. The van der Waals surface area contributed by atoms with Crippen molar-refractivity contribution in [3.05, 3.63) is 11.3 Å². The fourth-order valence-corrected chi connectivity index (χ4v) is 2.00. The molecule has 1 fully saturated rings. The van der Waals surface area contributed by atoms with Crippen molar-refractivity contribution in [2.75, 3.05) is 18.9 Å². The number of ether oxygens (including phenoxy) is 1. The Morgan fingerprint density at radius 3 is 3.06 bits per heavy atom. The maximum atomic E-state index is 11.9. The molecular weight excluding hydrogens is 220 g/mol. The van der Waals surface area contributed by atoms with Gasteiger partial charge in [0.2, 0.25) is 0 Å². The Morgan fingerprint density at radius 2 is 2.47 bits per heavy atom. The van der Waals surface area contributed by atoms with Crippen molar-refractivity contribution in [2.24, 2.45) is 0 Å². The average molecular weight is 238 g/mol. The number of amides is 1. The number of carbonyl (C=O) groups is 1. The topological polar surface area (TPSA) is 93.0 Å². The minimum atomic E-state index is -0.192. The molecule has 6 heteroatoms. The quantitative estimate of drug-likeness (QED) is 0.718. The molecule has 94 valence electrons. The summed E-state index contributed by atoms with van der Waals surface area (Å²) in [4.78, 5) is 11.9. The van der Waals surface area contributed by atoms with Gasteiger partial charge in [0.25, 0.3) is 5.91 Å². The fraction of sp³-hybridized carbons (Fsp3) is 0.636. The van der Waals surface area contributed by atoms with Crippen LogP contribution in [0.15, 0.2) is 0 Å². The van der Waals surface area contributed by atoms with Gasteiger partial charge in [0.15, 0.2) is 5.82 Å². The van der Waals surface area contributed by atoms with Crippen molar-refractivity contribution in [2.45, 2.75) is 32.3 Å². The predicted molar refractivity (Wildman–Crippen MR) is 63.7 cm³/mol. The summed E-state index contributed by atoms with van der Waals surface area (Å²) in [6.45, 7) is 3.09. The lowest BCUT2D eigenvalue weighted by Gasteiger charge is -2.22. The summed E-state index contributed by atoms with van der Waals surface area (Å²) in [5.41, 5.74) is 6.73. The van der Waals surface area contributed by atoms with E-state index in [4.69, 9.17) is 10.5 Å². The molecule has 0 aliphatic carbocycles. The summed E-state index contributed by atoms with van der Waals surface area (Å²) >= 11 is 0. The Morgan fingerprint density at radius 1 is 1.65 bits per heavy atom. The molecule has 4 N–H and O–H groups in total. The third-order valence-corrected chi connectivity index (χ3v) is 2.97. The fourth-order valence-electron chi connectivity index (χ4n) is 2.00. The first-order chi connectivity index (χ1) is 8.18. The third-order valence-electron chi connectivity index (χ3n) is 2.97. The SMILES string of the molecule is Cc1[nH]nc(N)c1C(=O)NCC1CCCCO1. The number of nitrogens with zero attached hydrogens (tertiary/aromatic N) is 1. The first kappa shape index (κ1) is 11.9. The van der Waals surface area contributed by atoms with E-state index in [9.17, 15) is 4.79 Å². The van der Waals surface area contributed by atoms with Crippen LogP contribution < -0.4 is 11.1 Å². The zero-order valence-electron chi connectivity index (χ0n) is 9.95. The first-order valence-electron chi connectivity index (χ1n) is 5.88.